The summed E-state index contributed by atoms with van der Waals surface area (Å²) in [7, 11) is -2.36. The fourth-order valence-electron chi connectivity index (χ4n) is 1.67. The molecule has 1 rings (SSSR count). The van der Waals surface area contributed by atoms with Crippen LogP contribution in [0.25, 0.3) is 0 Å². The van der Waals surface area contributed by atoms with Gasteiger partial charge in [0.15, 0.2) is 0 Å². The SMILES string of the molecule is COCCN(CCO)S(=O)(=O)c1ccc(F)c(CN)c1. The Bertz CT molecular complexity index is 536. The van der Waals surface area contributed by atoms with Crippen molar-refractivity contribution < 1.29 is 22.7 Å². The predicted octanol–water partition coefficient (Wildman–Crippen LogP) is -0.0862. The van der Waals surface area contributed by atoms with Crippen molar-refractivity contribution in [3.8, 4) is 0 Å². The van der Waals surface area contributed by atoms with Crippen molar-refractivity contribution in [2.45, 2.75) is 11.4 Å². The van der Waals surface area contributed by atoms with E-state index >= 15 is 0 Å². The molecule has 0 aliphatic heterocycles. The summed E-state index contributed by atoms with van der Waals surface area (Å²) >= 11 is 0. The number of aliphatic hydroxyl groups is 1. The summed E-state index contributed by atoms with van der Waals surface area (Å²) in [5, 5.41) is 8.96. The van der Waals surface area contributed by atoms with Gasteiger partial charge in [0.2, 0.25) is 10.0 Å². The first kappa shape index (κ1) is 17.0. The zero-order valence-corrected chi connectivity index (χ0v) is 12.1. The molecule has 0 aliphatic carbocycles. The lowest BCUT2D eigenvalue weighted by atomic mass is 10.2. The Morgan fingerprint density at radius 1 is 1.40 bits per heavy atom. The summed E-state index contributed by atoms with van der Waals surface area (Å²) in [5.41, 5.74) is 5.50. The van der Waals surface area contributed by atoms with Gasteiger partial charge in [-0.25, -0.2) is 12.8 Å². The molecule has 1 aromatic rings. The van der Waals surface area contributed by atoms with E-state index in [4.69, 9.17) is 15.6 Å². The Morgan fingerprint density at radius 2 is 2.10 bits per heavy atom. The highest BCUT2D eigenvalue weighted by Gasteiger charge is 2.24. The minimum Gasteiger partial charge on any atom is -0.395 e. The van der Waals surface area contributed by atoms with Crippen LogP contribution >= 0.6 is 0 Å². The lowest BCUT2D eigenvalue weighted by molar-refractivity contribution is 0.168. The second-order valence-corrected chi connectivity index (χ2v) is 6.02. The highest BCUT2D eigenvalue weighted by Crippen LogP contribution is 2.19. The molecular weight excluding hydrogens is 287 g/mol. The number of methoxy groups -OCH3 is 1. The molecule has 0 amide bonds. The molecule has 0 bridgehead atoms. The van der Waals surface area contributed by atoms with Crippen molar-refractivity contribution in [1.29, 1.82) is 0 Å². The average Bonchev–Trinajstić information content (AvgIpc) is 2.43. The Balaban J connectivity index is 3.11. The standard InChI is InChI=1S/C12H19FN2O4S/c1-19-7-5-15(4-6-16)20(17,18)11-2-3-12(13)10(8-11)9-14/h2-3,8,16H,4-7,9,14H2,1H3. The fraction of sp³-hybridized carbons (Fsp3) is 0.500. The first-order valence-corrected chi connectivity index (χ1v) is 7.49. The second-order valence-electron chi connectivity index (χ2n) is 4.08. The predicted molar refractivity (Wildman–Crippen MR) is 72.0 cm³/mol. The van der Waals surface area contributed by atoms with E-state index in [1.54, 1.807) is 0 Å². The third kappa shape index (κ3) is 3.97. The van der Waals surface area contributed by atoms with Crippen LogP contribution in [-0.2, 0) is 21.3 Å². The van der Waals surface area contributed by atoms with Crippen molar-refractivity contribution in [3.63, 3.8) is 0 Å². The quantitative estimate of drug-likeness (QED) is 0.700. The van der Waals surface area contributed by atoms with E-state index in [1.165, 1.54) is 19.2 Å². The van der Waals surface area contributed by atoms with Crippen molar-refractivity contribution in [2.24, 2.45) is 5.73 Å². The zero-order valence-electron chi connectivity index (χ0n) is 11.3. The van der Waals surface area contributed by atoms with Gasteiger partial charge in [-0.05, 0) is 18.2 Å². The first-order chi connectivity index (χ1) is 9.47. The molecule has 0 fully saturated rings. The maximum Gasteiger partial charge on any atom is 0.243 e. The number of benzene rings is 1. The third-order valence-corrected chi connectivity index (χ3v) is 4.66. The van der Waals surface area contributed by atoms with Crippen LogP contribution in [0.1, 0.15) is 5.56 Å². The number of hydrogen-bond donors (Lipinski definition) is 2. The first-order valence-electron chi connectivity index (χ1n) is 6.05. The number of ether oxygens (including phenoxy) is 1. The maximum absolute atomic E-state index is 13.4. The van der Waals surface area contributed by atoms with E-state index < -0.39 is 15.8 Å². The molecular formula is C12H19FN2O4S. The van der Waals surface area contributed by atoms with Crippen molar-refractivity contribution in [1.82, 2.24) is 4.31 Å². The highest BCUT2D eigenvalue weighted by atomic mass is 32.2. The molecule has 0 saturated heterocycles. The van der Waals surface area contributed by atoms with Crippen LogP contribution in [0.3, 0.4) is 0 Å². The Kier molecular flexibility index (Phi) is 6.50. The van der Waals surface area contributed by atoms with Crippen LogP contribution in [0, 0.1) is 5.82 Å². The topological polar surface area (TPSA) is 92.9 Å². The van der Waals surface area contributed by atoms with Gasteiger partial charge in [0.25, 0.3) is 0 Å². The molecule has 6 nitrogen and oxygen atoms in total. The number of nitrogens with two attached hydrogens (primary N) is 1. The minimum atomic E-state index is -3.81. The molecule has 0 spiro atoms. The van der Waals surface area contributed by atoms with Gasteiger partial charge in [-0.15, -0.1) is 0 Å². The van der Waals surface area contributed by atoms with Crippen LogP contribution in [0.2, 0.25) is 0 Å². The fourth-order valence-corrected chi connectivity index (χ4v) is 3.14. The summed E-state index contributed by atoms with van der Waals surface area (Å²) in [6, 6.07) is 3.46. The highest BCUT2D eigenvalue weighted by molar-refractivity contribution is 7.89. The number of hydrogen-bond acceptors (Lipinski definition) is 5. The molecule has 0 unspecified atom stereocenters. The zero-order chi connectivity index (χ0) is 15.2. The number of aliphatic hydroxyl groups excluding tert-OH is 1. The van der Waals surface area contributed by atoms with Gasteiger partial charge in [-0.2, -0.15) is 4.31 Å². The van der Waals surface area contributed by atoms with Gasteiger partial charge in [0.05, 0.1) is 18.1 Å². The van der Waals surface area contributed by atoms with E-state index in [1.807, 2.05) is 0 Å². The molecule has 8 heteroatoms. The van der Waals surface area contributed by atoms with Gasteiger partial charge in [-0.1, -0.05) is 0 Å². The third-order valence-electron chi connectivity index (χ3n) is 2.77. The van der Waals surface area contributed by atoms with E-state index in [9.17, 15) is 12.8 Å². The van der Waals surface area contributed by atoms with Crippen LogP contribution in [0.4, 0.5) is 4.39 Å². The van der Waals surface area contributed by atoms with E-state index in [0.29, 0.717) is 0 Å². The molecule has 0 atom stereocenters. The lowest BCUT2D eigenvalue weighted by Crippen LogP contribution is -2.36. The molecule has 0 aliphatic rings. The Labute approximate surface area is 118 Å². The molecule has 0 saturated carbocycles. The molecule has 0 heterocycles. The normalized spacial score (nSPS) is 12.1. The van der Waals surface area contributed by atoms with E-state index in [2.05, 4.69) is 0 Å². The molecule has 1 aromatic carbocycles. The Hall–Kier alpha value is -1.06. The maximum atomic E-state index is 13.4. The van der Waals surface area contributed by atoms with Gasteiger partial charge < -0.3 is 15.6 Å². The van der Waals surface area contributed by atoms with Crippen LogP contribution in [0.5, 0.6) is 0 Å². The van der Waals surface area contributed by atoms with E-state index in [0.717, 1.165) is 10.4 Å². The smallest absolute Gasteiger partial charge is 0.243 e. The molecule has 0 aromatic heterocycles. The molecule has 0 radical (unpaired) electrons. The van der Waals surface area contributed by atoms with Gasteiger partial charge in [-0.3, -0.25) is 0 Å². The van der Waals surface area contributed by atoms with Gasteiger partial charge >= 0.3 is 0 Å². The van der Waals surface area contributed by atoms with Gasteiger partial charge in [0, 0.05) is 32.3 Å². The van der Waals surface area contributed by atoms with Crippen molar-refractivity contribution in [2.75, 3.05) is 33.4 Å². The summed E-state index contributed by atoms with van der Waals surface area (Å²) in [6.07, 6.45) is 0. The number of halogens is 1. The van der Waals surface area contributed by atoms with Crippen molar-refractivity contribution in [3.05, 3.63) is 29.6 Å². The number of nitrogens with zero attached hydrogens (tertiary/aromatic N) is 1. The average molecular weight is 306 g/mol. The lowest BCUT2D eigenvalue weighted by Gasteiger charge is -2.21. The number of rotatable bonds is 8. The van der Waals surface area contributed by atoms with Crippen LogP contribution < -0.4 is 5.73 Å². The summed E-state index contributed by atoms with van der Waals surface area (Å²) < 4.78 is 44.1. The molecule has 20 heavy (non-hydrogen) atoms. The van der Waals surface area contributed by atoms with Gasteiger partial charge in [0.1, 0.15) is 5.82 Å². The van der Waals surface area contributed by atoms with E-state index in [-0.39, 0.29) is 43.3 Å². The minimum absolute atomic E-state index is 0.0519. The monoisotopic (exact) mass is 306 g/mol. The molecule has 3 N–H and O–H groups in total. The summed E-state index contributed by atoms with van der Waals surface area (Å²) in [4.78, 5) is -0.0519. The van der Waals surface area contributed by atoms with Crippen molar-refractivity contribution >= 4 is 10.0 Å². The molecule has 114 valence electrons. The summed E-state index contributed by atoms with van der Waals surface area (Å²) in [6.45, 7) is -0.152. The van der Waals surface area contributed by atoms with Crippen LogP contribution in [0.15, 0.2) is 23.1 Å². The number of sulfonamides is 1. The Morgan fingerprint density at radius 3 is 2.65 bits per heavy atom. The van der Waals surface area contributed by atoms with Crippen LogP contribution in [-0.4, -0.2) is 51.2 Å². The summed E-state index contributed by atoms with van der Waals surface area (Å²) in [5.74, 6) is -0.544. The second kappa shape index (κ2) is 7.65. The largest absolute Gasteiger partial charge is 0.395 e.